The molecule has 2 heteroatoms. The highest BCUT2D eigenvalue weighted by molar-refractivity contribution is 6.17. The van der Waals surface area contributed by atoms with Gasteiger partial charge in [-0.2, -0.15) is 0 Å². The molecule has 54 valence electrons. The Balaban J connectivity index is 2.14. The molecule has 0 aliphatic carbocycles. The van der Waals surface area contributed by atoms with Gasteiger partial charge < -0.3 is 4.90 Å². The van der Waals surface area contributed by atoms with E-state index in [0.717, 1.165) is 11.8 Å². The predicted octanol–water partition coefficient (Wildman–Crippen LogP) is 1.57. The van der Waals surface area contributed by atoms with E-state index >= 15 is 0 Å². The standard InChI is InChI=1S/C7H14ClN/c1-9-5-3-7(6-9)2-4-8/h7H,2-6H2,1H3/t7-/m1/s1. The van der Waals surface area contributed by atoms with Gasteiger partial charge in [0.05, 0.1) is 0 Å². The number of rotatable bonds is 2. The van der Waals surface area contributed by atoms with Gasteiger partial charge in [-0.15, -0.1) is 11.6 Å². The minimum atomic E-state index is 0.832. The molecule has 0 aromatic rings. The van der Waals surface area contributed by atoms with E-state index in [4.69, 9.17) is 11.6 Å². The highest BCUT2D eigenvalue weighted by Crippen LogP contribution is 2.17. The number of likely N-dealkylation sites (tertiary alicyclic amines) is 1. The molecule has 0 aromatic heterocycles. The number of halogens is 1. The summed E-state index contributed by atoms with van der Waals surface area (Å²) in [6, 6.07) is 0. The maximum atomic E-state index is 5.61. The molecule has 0 N–H and O–H groups in total. The SMILES string of the molecule is CN1CC[C@@H](CCCl)C1. The average Bonchev–Trinajstić information content (AvgIpc) is 2.17. The third-order valence-corrected chi connectivity index (χ3v) is 2.22. The molecule has 1 atom stereocenters. The Hall–Kier alpha value is 0.250. The lowest BCUT2D eigenvalue weighted by atomic mass is 10.1. The van der Waals surface area contributed by atoms with Crippen LogP contribution in [0.2, 0.25) is 0 Å². The van der Waals surface area contributed by atoms with Crippen LogP contribution in [0.5, 0.6) is 0 Å². The summed E-state index contributed by atoms with van der Waals surface area (Å²) in [5, 5.41) is 0. The average molecular weight is 148 g/mol. The van der Waals surface area contributed by atoms with E-state index in [1.54, 1.807) is 0 Å². The number of hydrogen-bond acceptors (Lipinski definition) is 1. The van der Waals surface area contributed by atoms with Crippen LogP contribution in [-0.4, -0.2) is 30.9 Å². The van der Waals surface area contributed by atoms with Crippen molar-refractivity contribution in [3.05, 3.63) is 0 Å². The maximum Gasteiger partial charge on any atom is 0.0226 e. The normalized spacial score (nSPS) is 29.3. The molecule has 0 bridgehead atoms. The van der Waals surface area contributed by atoms with Crippen molar-refractivity contribution < 1.29 is 0 Å². The Morgan fingerprint density at radius 3 is 2.89 bits per heavy atom. The van der Waals surface area contributed by atoms with Crippen molar-refractivity contribution in [3.8, 4) is 0 Å². The molecule has 9 heavy (non-hydrogen) atoms. The largest absolute Gasteiger partial charge is 0.306 e. The van der Waals surface area contributed by atoms with E-state index in [1.165, 1.54) is 25.9 Å². The second kappa shape index (κ2) is 3.43. The van der Waals surface area contributed by atoms with Gasteiger partial charge in [0, 0.05) is 12.4 Å². The van der Waals surface area contributed by atoms with Crippen LogP contribution in [0.3, 0.4) is 0 Å². The smallest absolute Gasteiger partial charge is 0.0226 e. The first-order chi connectivity index (χ1) is 4.33. The first-order valence-electron chi connectivity index (χ1n) is 3.57. The number of nitrogens with zero attached hydrogens (tertiary/aromatic N) is 1. The van der Waals surface area contributed by atoms with Crippen LogP contribution < -0.4 is 0 Å². The fourth-order valence-corrected chi connectivity index (χ4v) is 1.72. The molecule has 1 nitrogen and oxygen atoms in total. The summed E-state index contributed by atoms with van der Waals surface area (Å²) in [5.74, 6) is 1.71. The fraction of sp³-hybridized carbons (Fsp3) is 1.00. The van der Waals surface area contributed by atoms with E-state index in [-0.39, 0.29) is 0 Å². The molecular weight excluding hydrogens is 134 g/mol. The Bertz CT molecular complexity index is 83.0. The third kappa shape index (κ3) is 2.15. The summed E-state index contributed by atoms with van der Waals surface area (Å²) in [6.45, 7) is 2.52. The zero-order chi connectivity index (χ0) is 6.69. The highest BCUT2D eigenvalue weighted by Gasteiger charge is 2.17. The second-order valence-corrected chi connectivity index (χ2v) is 3.27. The number of hydrogen-bond donors (Lipinski definition) is 0. The van der Waals surface area contributed by atoms with Gasteiger partial charge in [-0.1, -0.05) is 0 Å². The number of alkyl halides is 1. The lowest BCUT2D eigenvalue weighted by molar-refractivity contribution is 0.392. The van der Waals surface area contributed by atoms with Crippen LogP contribution in [-0.2, 0) is 0 Å². The summed E-state index contributed by atoms with van der Waals surface area (Å²) in [7, 11) is 2.17. The monoisotopic (exact) mass is 147 g/mol. The Morgan fingerprint density at radius 2 is 2.44 bits per heavy atom. The van der Waals surface area contributed by atoms with Crippen molar-refractivity contribution in [2.45, 2.75) is 12.8 Å². The molecular formula is C7H14ClN. The minimum absolute atomic E-state index is 0.832. The van der Waals surface area contributed by atoms with Crippen molar-refractivity contribution in [2.75, 3.05) is 26.0 Å². The molecule has 0 saturated carbocycles. The van der Waals surface area contributed by atoms with Gasteiger partial charge >= 0.3 is 0 Å². The van der Waals surface area contributed by atoms with Gasteiger partial charge in [0.2, 0.25) is 0 Å². The predicted molar refractivity (Wildman–Crippen MR) is 40.9 cm³/mol. The molecule has 0 aromatic carbocycles. The molecule has 0 radical (unpaired) electrons. The lowest BCUT2D eigenvalue weighted by Crippen LogP contribution is -2.13. The Kier molecular flexibility index (Phi) is 2.80. The molecule has 0 spiro atoms. The van der Waals surface area contributed by atoms with Crippen molar-refractivity contribution in [1.82, 2.24) is 4.90 Å². The van der Waals surface area contributed by atoms with Gasteiger partial charge in [0.15, 0.2) is 0 Å². The van der Waals surface area contributed by atoms with Crippen LogP contribution in [0, 0.1) is 5.92 Å². The molecule has 1 aliphatic heterocycles. The summed E-state index contributed by atoms with van der Waals surface area (Å²) in [5.41, 5.74) is 0. The van der Waals surface area contributed by atoms with E-state index < -0.39 is 0 Å². The zero-order valence-corrected chi connectivity index (χ0v) is 6.69. The zero-order valence-electron chi connectivity index (χ0n) is 5.94. The van der Waals surface area contributed by atoms with Gasteiger partial charge in [-0.25, -0.2) is 0 Å². The van der Waals surface area contributed by atoms with Crippen molar-refractivity contribution in [3.63, 3.8) is 0 Å². The van der Waals surface area contributed by atoms with Crippen LogP contribution in [0.25, 0.3) is 0 Å². The third-order valence-electron chi connectivity index (χ3n) is 2.01. The molecule has 1 rings (SSSR count). The summed E-state index contributed by atoms with van der Waals surface area (Å²) < 4.78 is 0. The molecule has 0 amide bonds. The van der Waals surface area contributed by atoms with Gasteiger partial charge in [-0.05, 0) is 32.4 Å². The molecule has 1 aliphatic rings. The van der Waals surface area contributed by atoms with E-state index in [9.17, 15) is 0 Å². The van der Waals surface area contributed by atoms with E-state index in [1.807, 2.05) is 0 Å². The van der Waals surface area contributed by atoms with Crippen molar-refractivity contribution in [2.24, 2.45) is 5.92 Å². The summed E-state index contributed by atoms with van der Waals surface area (Å²) >= 11 is 5.61. The molecule has 0 unspecified atom stereocenters. The van der Waals surface area contributed by atoms with Crippen LogP contribution >= 0.6 is 11.6 Å². The minimum Gasteiger partial charge on any atom is -0.306 e. The van der Waals surface area contributed by atoms with Gasteiger partial charge in [0.25, 0.3) is 0 Å². The van der Waals surface area contributed by atoms with E-state index in [2.05, 4.69) is 11.9 Å². The maximum absolute atomic E-state index is 5.61. The highest BCUT2D eigenvalue weighted by atomic mass is 35.5. The first kappa shape index (κ1) is 7.36. The Morgan fingerprint density at radius 1 is 1.67 bits per heavy atom. The van der Waals surface area contributed by atoms with Crippen molar-refractivity contribution >= 4 is 11.6 Å². The Labute approximate surface area is 62.0 Å². The van der Waals surface area contributed by atoms with Crippen LogP contribution in [0.1, 0.15) is 12.8 Å². The van der Waals surface area contributed by atoms with Crippen LogP contribution in [0.15, 0.2) is 0 Å². The first-order valence-corrected chi connectivity index (χ1v) is 4.11. The van der Waals surface area contributed by atoms with Crippen LogP contribution in [0.4, 0.5) is 0 Å². The molecule has 1 saturated heterocycles. The molecule has 1 fully saturated rings. The molecule has 1 heterocycles. The van der Waals surface area contributed by atoms with Crippen molar-refractivity contribution in [1.29, 1.82) is 0 Å². The lowest BCUT2D eigenvalue weighted by Gasteiger charge is -2.06. The van der Waals surface area contributed by atoms with Gasteiger partial charge in [0.1, 0.15) is 0 Å². The van der Waals surface area contributed by atoms with Gasteiger partial charge in [-0.3, -0.25) is 0 Å². The van der Waals surface area contributed by atoms with E-state index in [0.29, 0.717) is 0 Å². The summed E-state index contributed by atoms with van der Waals surface area (Å²) in [4.78, 5) is 2.37. The fourth-order valence-electron chi connectivity index (χ4n) is 1.42. The topological polar surface area (TPSA) is 3.24 Å². The summed E-state index contributed by atoms with van der Waals surface area (Å²) in [6.07, 6.45) is 2.55. The second-order valence-electron chi connectivity index (χ2n) is 2.89. The quantitative estimate of drug-likeness (QED) is 0.536.